The molecular formula is C16H15NO3. The minimum atomic E-state index is -0.299. The van der Waals surface area contributed by atoms with Gasteiger partial charge < -0.3 is 9.84 Å². The van der Waals surface area contributed by atoms with Gasteiger partial charge in [-0.15, -0.1) is 0 Å². The van der Waals surface area contributed by atoms with E-state index in [0.717, 1.165) is 11.1 Å². The van der Waals surface area contributed by atoms with Crippen molar-refractivity contribution < 1.29 is 14.6 Å². The topological polar surface area (TPSA) is 49.8 Å². The summed E-state index contributed by atoms with van der Waals surface area (Å²) in [6.07, 6.45) is -0.507. The molecule has 1 heterocycles. The van der Waals surface area contributed by atoms with Gasteiger partial charge in [0.1, 0.15) is 11.9 Å². The van der Waals surface area contributed by atoms with E-state index in [1.807, 2.05) is 30.3 Å². The number of carbonyl (C=O) groups is 1. The van der Waals surface area contributed by atoms with Crippen LogP contribution in [-0.2, 0) is 11.3 Å². The van der Waals surface area contributed by atoms with Gasteiger partial charge in [0.2, 0.25) is 0 Å². The summed E-state index contributed by atoms with van der Waals surface area (Å²) in [6.45, 7) is 1.03. The van der Waals surface area contributed by atoms with Crippen LogP contribution in [0.1, 0.15) is 17.2 Å². The zero-order chi connectivity index (χ0) is 13.9. The molecule has 1 aliphatic rings. The Morgan fingerprint density at radius 1 is 1.10 bits per heavy atom. The Morgan fingerprint density at radius 3 is 2.50 bits per heavy atom. The first kappa shape index (κ1) is 12.5. The maximum Gasteiger partial charge on any atom is 0.410 e. The van der Waals surface area contributed by atoms with E-state index in [2.05, 4.69) is 0 Å². The second-order valence-corrected chi connectivity index (χ2v) is 4.83. The maximum absolute atomic E-state index is 11.9. The van der Waals surface area contributed by atoms with Crippen LogP contribution in [0.4, 0.5) is 4.79 Å². The van der Waals surface area contributed by atoms with Crippen LogP contribution in [0.5, 0.6) is 5.75 Å². The molecule has 1 unspecified atom stereocenters. The van der Waals surface area contributed by atoms with Crippen LogP contribution in [0.15, 0.2) is 54.6 Å². The highest BCUT2D eigenvalue weighted by atomic mass is 16.6. The molecule has 20 heavy (non-hydrogen) atoms. The van der Waals surface area contributed by atoms with Crippen molar-refractivity contribution >= 4 is 6.09 Å². The van der Waals surface area contributed by atoms with E-state index >= 15 is 0 Å². The van der Waals surface area contributed by atoms with Crippen molar-refractivity contribution in [3.8, 4) is 5.75 Å². The number of rotatable bonds is 3. The number of hydrogen-bond donors (Lipinski definition) is 1. The van der Waals surface area contributed by atoms with Crippen LogP contribution in [-0.4, -0.2) is 22.6 Å². The Morgan fingerprint density at radius 2 is 1.80 bits per heavy atom. The molecule has 102 valence electrons. The molecule has 1 N–H and O–H groups in total. The Bertz CT molecular complexity index is 595. The maximum atomic E-state index is 11.9. The van der Waals surface area contributed by atoms with E-state index < -0.39 is 0 Å². The molecule has 0 spiro atoms. The van der Waals surface area contributed by atoms with Gasteiger partial charge in [-0.2, -0.15) is 0 Å². The monoisotopic (exact) mass is 269 g/mol. The molecule has 4 nitrogen and oxygen atoms in total. The molecule has 1 amide bonds. The highest BCUT2D eigenvalue weighted by molar-refractivity contribution is 5.70. The molecule has 3 rings (SSSR count). The number of nitrogens with zero attached hydrogens (tertiary/aromatic N) is 1. The summed E-state index contributed by atoms with van der Waals surface area (Å²) >= 11 is 0. The largest absolute Gasteiger partial charge is 0.508 e. The van der Waals surface area contributed by atoms with Gasteiger partial charge in [0.25, 0.3) is 0 Å². The molecule has 0 saturated carbocycles. The minimum absolute atomic E-state index is 0.208. The van der Waals surface area contributed by atoms with Crippen LogP contribution in [0.2, 0.25) is 0 Å². The summed E-state index contributed by atoms with van der Waals surface area (Å²) in [5, 5.41) is 9.26. The van der Waals surface area contributed by atoms with Crippen molar-refractivity contribution in [3.05, 3.63) is 65.7 Å². The van der Waals surface area contributed by atoms with Gasteiger partial charge in [-0.25, -0.2) is 4.79 Å². The smallest absolute Gasteiger partial charge is 0.410 e. The van der Waals surface area contributed by atoms with Crippen LogP contribution < -0.4 is 0 Å². The summed E-state index contributed by atoms with van der Waals surface area (Å²) < 4.78 is 5.39. The van der Waals surface area contributed by atoms with E-state index in [1.165, 1.54) is 0 Å². The van der Waals surface area contributed by atoms with Crippen molar-refractivity contribution in [1.82, 2.24) is 4.90 Å². The van der Waals surface area contributed by atoms with Gasteiger partial charge in [-0.05, 0) is 23.3 Å². The van der Waals surface area contributed by atoms with Crippen LogP contribution in [0.25, 0.3) is 0 Å². The van der Waals surface area contributed by atoms with E-state index in [9.17, 15) is 9.90 Å². The predicted molar refractivity (Wildman–Crippen MR) is 74.2 cm³/mol. The predicted octanol–water partition coefficient (Wildman–Crippen LogP) is 3.09. The van der Waals surface area contributed by atoms with Gasteiger partial charge in [-0.3, -0.25) is 4.90 Å². The highest BCUT2D eigenvalue weighted by Gasteiger charge is 2.31. The van der Waals surface area contributed by atoms with E-state index in [-0.39, 0.29) is 17.9 Å². The fraction of sp³-hybridized carbons (Fsp3) is 0.188. The number of aromatic hydroxyl groups is 1. The molecule has 1 saturated heterocycles. The average molecular weight is 269 g/mol. The van der Waals surface area contributed by atoms with E-state index in [0.29, 0.717) is 13.1 Å². The highest BCUT2D eigenvalue weighted by Crippen LogP contribution is 2.27. The van der Waals surface area contributed by atoms with E-state index in [1.54, 1.807) is 29.2 Å². The number of phenols is 1. The number of ether oxygens (including phenoxy) is 1. The summed E-state index contributed by atoms with van der Waals surface area (Å²) in [5.41, 5.74) is 1.97. The number of benzene rings is 2. The van der Waals surface area contributed by atoms with Gasteiger partial charge in [0, 0.05) is 6.54 Å². The molecule has 0 aliphatic carbocycles. The summed E-state index contributed by atoms with van der Waals surface area (Å²) in [7, 11) is 0. The molecule has 4 heteroatoms. The second kappa shape index (κ2) is 5.25. The Kier molecular flexibility index (Phi) is 3.29. The quantitative estimate of drug-likeness (QED) is 0.931. The minimum Gasteiger partial charge on any atom is -0.508 e. The van der Waals surface area contributed by atoms with Crippen molar-refractivity contribution in [2.75, 3.05) is 6.54 Å². The van der Waals surface area contributed by atoms with Crippen molar-refractivity contribution in [1.29, 1.82) is 0 Å². The fourth-order valence-electron chi connectivity index (χ4n) is 2.30. The third-order valence-corrected chi connectivity index (χ3v) is 3.37. The third kappa shape index (κ3) is 2.59. The number of hydrogen-bond acceptors (Lipinski definition) is 3. The van der Waals surface area contributed by atoms with Gasteiger partial charge in [0.15, 0.2) is 0 Å². The molecular weight excluding hydrogens is 254 g/mol. The van der Waals surface area contributed by atoms with E-state index in [4.69, 9.17) is 4.74 Å². The standard InChI is InChI=1S/C16H15NO3/c18-14-8-6-12(7-9-14)10-17-11-15(20-16(17)19)13-4-2-1-3-5-13/h1-9,15,18H,10-11H2. The third-order valence-electron chi connectivity index (χ3n) is 3.37. The van der Waals surface area contributed by atoms with Gasteiger partial charge in [-0.1, -0.05) is 42.5 Å². The molecule has 0 radical (unpaired) electrons. The summed E-state index contributed by atoms with van der Waals surface area (Å²) in [6, 6.07) is 16.6. The first-order chi connectivity index (χ1) is 9.72. The van der Waals surface area contributed by atoms with Crippen LogP contribution in [0.3, 0.4) is 0 Å². The second-order valence-electron chi connectivity index (χ2n) is 4.83. The van der Waals surface area contributed by atoms with Crippen LogP contribution >= 0.6 is 0 Å². The average Bonchev–Trinajstić information content (AvgIpc) is 2.84. The normalized spacial score (nSPS) is 18.1. The first-order valence-electron chi connectivity index (χ1n) is 6.51. The zero-order valence-corrected chi connectivity index (χ0v) is 10.9. The Hall–Kier alpha value is -2.49. The zero-order valence-electron chi connectivity index (χ0n) is 10.9. The van der Waals surface area contributed by atoms with Crippen molar-refractivity contribution in [2.24, 2.45) is 0 Å². The number of cyclic esters (lactones) is 1. The first-order valence-corrected chi connectivity index (χ1v) is 6.51. The fourth-order valence-corrected chi connectivity index (χ4v) is 2.30. The Labute approximate surface area is 117 Å². The molecule has 2 aromatic rings. The molecule has 1 atom stereocenters. The SMILES string of the molecule is O=C1OC(c2ccccc2)CN1Cc1ccc(O)cc1. The van der Waals surface area contributed by atoms with Gasteiger partial charge in [0.05, 0.1) is 6.54 Å². The molecule has 1 fully saturated rings. The lowest BCUT2D eigenvalue weighted by Crippen LogP contribution is -2.23. The summed E-state index contributed by atoms with van der Waals surface area (Å²) in [4.78, 5) is 13.6. The molecule has 0 bridgehead atoms. The lowest BCUT2D eigenvalue weighted by Gasteiger charge is -2.13. The van der Waals surface area contributed by atoms with Crippen molar-refractivity contribution in [2.45, 2.75) is 12.6 Å². The van der Waals surface area contributed by atoms with Gasteiger partial charge >= 0.3 is 6.09 Å². The molecule has 2 aromatic carbocycles. The number of amides is 1. The number of carbonyl (C=O) groups excluding carboxylic acids is 1. The van der Waals surface area contributed by atoms with Crippen molar-refractivity contribution in [3.63, 3.8) is 0 Å². The lowest BCUT2D eigenvalue weighted by molar-refractivity contribution is 0.132. The van der Waals surface area contributed by atoms with Crippen LogP contribution in [0, 0.1) is 0 Å². The molecule has 1 aliphatic heterocycles. The molecule has 0 aromatic heterocycles. The lowest BCUT2D eigenvalue weighted by atomic mass is 10.1. The summed E-state index contributed by atoms with van der Waals surface area (Å²) in [5.74, 6) is 0.222. The number of phenolic OH excluding ortho intramolecular Hbond substituents is 1. The Balaban J connectivity index is 1.70.